The Kier molecular flexibility index (Phi) is 5.68. The second-order valence-corrected chi connectivity index (χ2v) is 7.41. The molecule has 0 heterocycles. The minimum Gasteiger partial charge on any atom is -0.406 e. The fraction of sp³-hybridized carbons (Fsp3) is 0.154. The third-order valence-electron chi connectivity index (χ3n) is 5.15. The molecule has 0 spiro atoms. The smallest absolute Gasteiger partial charge is 0.406 e. The van der Waals surface area contributed by atoms with Crippen LogP contribution in [0.1, 0.15) is 18.9 Å². The quantitative estimate of drug-likeness (QED) is 0.294. The molecule has 5 heteroatoms. The van der Waals surface area contributed by atoms with Crippen molar-refractivity contribution < 1.29 is 22.3 Å². The van der Waals surface area contributed by atoms with E-state index in [1.165, 1.54) is 29.8 Å². The molecule has 0 atom stereocenters. The molecular formula is C26H20F4O. The minimum absolute atomic E-state index is 0.284. The van der Waals surface area contributed by atoms with Gasteiger partial charge in [-0.3, -0.25) is 0 Å². The van der Waals surface area contributed by atoms with E-state index in [1.807, 2.05) is 18.2 Å². The summed E-state index contributed by atoms with van der Waals surface area (Å²) >= 11 is 0. The highest BCUT2D eigenvalue weighted by Gasteiger charge is 2.31. The molecule has 0 saturated heterocycles. The minimum atomic E-state index is -4.74. The van der Waals surface area contributed by atoms with Gasteiger partial charge in [0.2, 0.25) is 0 Å². The molecule has 158 valence electrons. The van der Waals surface area contributed by atoms with Crippen molar-refractivity contribution in [3.8, 4) is 28.0 Å². The highest BCUT2D eigenvalue weighted by molar-refractivity contribution is 5.88. The maximum absolute atomic E-state index is 14.9. The van der Waals surface area contributed by atoms with Crippen molar-refractivity contribution in [2.24, 2.45) is 0 Å². The molecule has 0 unspecified atom stereocenters. The average molecular weight is 424 g/mol. The van der Waals surface area contributed by atoms with Crippen molar-refractivity contribution in [2.45, 2.75) is 26.1 Å². The third kappa shape index (κ3) is 4.88. The molecule has 0 N–H and O–H groups in total. The Hall–Kier alpha value is -3.34. The largest absolute Gasteiger partial charge is 0.573 e. The highest BCUT2D eigenvalue weighted by atomic mass is 19.4. The van der Waals surface area contributed by atoms with Crippen LogP contribution in [0.25, 0.3) is 33.0 Å². The lowest BCUT2D eigenvalue weighted by molar-refractivity contribution is -0.274. The zero-order valence-electron chi connectivity index (χ0n) is 16.8. The van der Waals surface area contributed by atoms with E-state index in [1.54, 1.807) is 24.3 Å². The SMILES string of the molecule is CCCc1ccc(-c2ccc(-c3ccc4cc(OC(F)(F)F)ccc4c3)c(F)c2)cc1. The number of aryl methyl sites for hydroxylation is 1. The predicted octanol–water partition coefficient (Wildman–Crippen LogP) is 8.16. The monoisotopic (exact) mass is 424 g/mol. The van der Waals surface area contributed by atoms with Gasteiger partial charge in [-0.15, -0.1) is 13.2 Å². The number of alkyl halides is 3. The molecule has 31 heavy (non-hydrogen) atoms. The second kappa shape index (κ2) is 8.42. The number of halogens is 4. The molecule has 4 rings (SSSR count). The Morgan fingerprint density at radius 1 is 0.710 bits per heavy atom. The zero-order valence-corrected chi connectivity index (χ0v) is 16.8. The zero-order chi connectivity index (χ0) is 22.0. The van der Waals surface area contributed by atoms with Crippen LogP contribution in [0.4, 0.5) is 17.6 Å². The van der Waals surface area contributed by atoms with Gasteiger partial charge in [-0.05, 0) is 63.7 Å². The Labute approximate surface area is 177 Å². The van der Waals surface area contributed by atoms with Gasteiger partial charge in [-0.2, -0.15) is 0 Å². The number of hydrogen-bond donors (Lipinski definition) is 0. The summed E-state index contributed by atoms with van der Waals surface area (Å²) in [6.45, 7) is 2.13. The summed E-state index contributed by atoms with van der Waals surface area (Å²) in [6.07, 6.45) is -2.65. The van der Waals surface area contributed by atoms with Gasteiger partial charge in [0.15, 0.2) is 0 Å². The lowest BCUT2D eigenvalue weighted by atomic mass is 9.97. The normalized spacial score (nSPS) is 11.6. The van der Waals surface area contributed by atoms with E-state index < -0.39 is 6.36 Å². The van der Waals surface area contributed by atoms with Crippen molar-refractivity contribution >= 4 is 10.8 Å². The van der Waals surface area contributed by atoms with Gasteiger partial charge in [-0.1, -0.05) is 67.9 Å². The Morgan fingerprint density at radius 2 is 1.35 bits per heavy atom. The predicted molar refractivity (Wildman–Crippen MR) is 115 cm³/mol. The van der Waals surface area contributed by atoms with E-state index >= 15 is 0 Å². The first kappa shape index (κ1) is 20.9. The molecule has 1 nitrogen and oxygen atoms in total. The molecule has 4 aromatic rings. The van der Waals surface area contributed by atoms with Crippen molar-refractivity contribution in [1.29, 1.82) is 0 Å². The first-order chi connectivity index (χ1) is 14.8. The third-order valence-corrected chi connectivity index (χ3v) is 5.15. The summed E-state index contributed by atoms with van der Waals surface area (Å²) in [5, 5.41) is 1.27. The number of benzene rings is 4. The molecule has 0 bridgehead atoms. The average Bonchev–Trinajstić information content (AvgIpc) is 2.73. The Balaban J connectivity index is 1.62. The van der Waals surface area contributed by atoms with Crippen molar-refractivity contribution in [3.63, 3.8) is 0 Å². The topological polar surface area (TPSA) is 9.23 Å². The van der Waals surface area contributed by atoms with Gasteiger partial charge in [-0.25, -0.2) is 4.39 Å². The molecule has 4 aromatic carbocycles. The van der Waals surface area contributed by atoms with Crippen molar-refractivity contribution in [1.82, 2.24) is 0 Å². The van der Waals surface area contributed by atoms with Crippen LogP contribution in [-0.4, -0.2) is 6.36 Å². The number of fused-ring (bicyclic) bond motifs is 1. The summed E-state index contributed by atoms with van der Waals surface area (Å²) in [4.78, 5) is 0. The first-order valence-electron chi connectivity index (χ1n) is 10.0. The molecule has 0 aliphatic rings. The number of ether oxygens (including phenoxy) is 1. The molecular weight excluding hydrogens is 404 g/mol. The van der Waals surface area contributed by atoms with E-state index in [4.69, 9.17) is 0 Å². The summed E-state index contributed by atoms with van der Waals surface area (Å²) in [7, 11) is 0. The van der Waals surface area contributed by atoms with E-state index in [-0.39, 0.29) is 11.6 Å². The van der Waals surface area contributed by atoms with E-state index in [2.05, 4.69) is 23.8 Å². The standard InChI is InChI=1S/C26H20F4O/c1-2-3-17-4-6-18(7-5-17)21-11-13-24(25(27)16-21)22-9-8-20-15-23(31-26(28,29)30)12-10-19(20)14-22/h4-16H,2-3H2,1H3. The van der Waals surface area contributed by atoms with Crippen LogP contribution in [0, 0.1) is 5.82 Å². The van der Waals surface area contributed by atoms with Gasteiger partial charge < -0.3 is 4.74 Å². The fourth-order valence-electron chi connectivity index (χ4n) is 3.67. The fourth-order valence-corrected chi connectivity index (χ4v) is 3.67. The summed E-state index contributed by atoms with van der Waals surface area (Å²) in [5.41, 5.74) is 4.08. The van der Waals surface area contributed by atoms with Crippen LogP contribution in [0.15, 0.2) is 78.9 Å². The van der Waals surface area contributed by atoms with Crippen LogP contribution >= 0.6 is 0 Å². The molecule has 0 fully saturated rings. The second-order valence-electron chi connectivity index (χ2n) is 7.41. The highest BCUT2D eigenvalue weighted by Crippen LogP contribution is 2.32. The maximum atomic E-state index is 14.9. The van der Waals surface area contributed by atoms with Crippen LogP contribution in [0.2, 0.25) is 0 Å². The van der Waals surface area contributed by atoms with Gasteiger partial charge in [0.1, 0.15) is 11.6 Å². The Morgan fingerprint density at radius 3 is 2.03 bits per heavy atom. The molecule has 0 aliphatic carbocycles. The number of rotatable bonds is 5. The summed E-state index contributed by atoms with van der Waals surface area (Å²) in [6, 6.07) is 22.4. The van der Waals surface area contributed by atoms with E-state index in [9.17, 15) is 17.6 Å². The first-order valence-corrected chi connectivity index (χ1v) is 10.0. The van der Waals surface area contributed by atoms with Gasteiger partial charge in [0.25, 0.3) is 0 Å². The van der Waals surface area contributed by atoms with Gasteiger partial charge >= 0.3 is 6.36 Å². The van der Waals surface area contributed by atoms with E-state index in [0.717, 1.165) is 24.0 Å². The van der Waals surface area contributed by atoms with Crippen molar-refractivity contribution in [2.75, 3.05) is 0 Å². The van der Waals surface area contributed by atoms with Crippen LogP contribution in [-0.2, 0) is 6.42 Å². The van der Waals surface area contributed by atoms with Gasteiger partial charge in [0, 0.05) is 5.56 Å². The molecule has 0 saturated carbocycles. The van der Waals surface area contributed by atoms with Crippen LogP contribution in [0.3, 0.4) is 0 Å². The molecule has 0 aromatic heterocycles. The lowest BCUT2D eigenvalue weighted by Crippen LogP contribution is -2.16. The van der Waals surface area contributed by atoms with Gasteiger partial charge in [0.05, 0.1) is 0 Å². The van der Waals surface area contributed by atoms with E-state index in [0.29, 0.717) is 21.9 Å². The Bertz CT molecular complexity index is 1210. The molecule has 0 amide bonds. The van der Waals surface area contributed by atoms with Crippen molar-refractivity contribution in [3.05, 3.63) is 90.2 Å². The number of hydrogen-bond acceptors (Lipinski definition) is 1. The summed E-state index contributed by atoms with van der Waals surface area (Å²) in [5.74, 6) is -0.639. The van der Waals surface area contributed by atoms with Crippen LogP contribution in [0.5, 0.6) is 5.75 Å². The maximum Gasteiger partial charge on any atom is 0.573 e. The molecule has 0 radical (unpaired) electrons. The lowest BCUT2D eigenvalue weighted by Gasteiger charge is -2.11. The summed E-state index contributed by atoms with van der Waals surface area (Å²) < 4.78 is 56.1. The van der Waals surface area contributed by atoms with Crippen LogP contribution < -0.4 is 4.74 Å². The molecule has 0 aliphatic heterocycles.